The van der Waals surface area contributed by atoms with Crippen LogP contribution in [-0.4, -0.2) is 37.2 Å². The quantitative estimate of drug-likeness (QED) is 0.0201. The average molecular weight is 843 g/mol. The van der Waals surface area contributed by atoms with E-state index in [-0.39, 0.29) is 37.5 Å². The van der Waals surface area contributed by atoms with Gasteiger partial charge in [-0.05, 0) is 89.9 Å². The molecule has 0 saturated carbocycles. The number of hydrogen-bond acceptors (Lipinski definition) is 6. The Balaban J connectivity index is 4.52. The number of carbonyl (C=O) groups is 3. The van der Waals surface area contributed by atoms with Crippen LogP contribution in [0.25, 0.3) is 0 Å². The summed E-state index contributed by atoms with van der Waals surface area (Å²) in [6.45, 7) is 6.23. The fourth-order valence-electron chi connectivity index (χ4n) is 6.02. The van der Waals surface area contributed by atoms with Crippen molar-refractivity contribution in [1.29, 1.82) is 0 Å². The lowest BCUT2D eigenvalue weighted by Crippen LogP contribution is -2.30. The van der Waals surface area contributed by atoms with Gasteiger partial charge in [0.2, 0.25) is 0 Å². The minimum absolute atomic E-state index is 0.115. The number of unbranched alkanes of at least 4 members (excludes halogenated alkanes) is 16. The van der Waals surface area contributed by atoms with Crippen molar-refractivity contribution in [2.75, 3.05) is 13.2 Å². The van der Waals surface area contributed by atoms with E-state index < -0.39 is 6.10 Å². The molecule has 0 bridgehead atoms. The Hall–Kier alpha value is -4.19. The van der Waals surface area contributed by atoms with Crippen LogP contribution >= 0.6 is 0 Å². The van der Waals surface area contributed by atoms with Crippen LogP contribution < -0.4 is 0 Å². The van der Waals surface area contributed by atoms with Crippen LogP contribution in [0.2, 0.25) is 0 Å². The number of carbonyl (C=O) groups excluding carboxylic acids is 3. The molecule has 6 nitrogen and oxygen atoms in total. The molecule has 6 heteroatoms. The molecule has 0 aromatic rings. The highest BCUT2D eigenvalue weighted by Crippen LogP contribution is 2.12. The van der Waals surface area contributed by atoms with Crippen LogP contribution in [0.1, 0.15) is 188 Å². The predicted octanol–water partition coefficient (Wildman–Crippen LogP) is 15.7. The van der Waals surface area contributed by atoms with Gasteiger partial charge in [0.1, 0.15) is 13.2 Å². The first-order chi connectivity index (χ1) is 30.0. The van der Waals surface area contributed by atoms with Crippen molar-refractivity contribution in [1.82, 2.24) is 0 Å². The molecule has 0 spiro atoms. The molecule has 342 valence electrons. The van der Waals surface area contributed by atoms with Gasteiger partial charge in [-0.1, -0.05) is 200 Å². The van der Waals surface area contributed by atoms with Crippen LogP contribution in [0.4, 0.5) is 0 Å². The van der Waals surface area contributed by atoms with Crippen molar-refractivity contribution < 1.29 is 28.6 Å². The third-order valence-electron chi connectivity index (χ3n) is 9.62. The van der Waals surface area contributed by atoms with Gasteiger partial charge in [-0.25, -0.2) is 0 Å². The number of ether oxygens (including phenoxy) is 3. The van der Waals surface area contributed by atoms with E-state index in [4.69, 9.17) is 14.2 Å². The monoisotopic (exact) mass is 843 g/mol. The van der Waals surface area contributed by atoms with Gasteiger partial charge in [-0.2, -0.15) is 0 Å². The summed E-state index contributed by atoms with van der Waals surface area (Å²) in [5.41, 5.74) is 0. The molecule has 0 rings (SSSR count). The summed E-state index contributed by atoms with van der Waals surface area (Å²) in [7, 11) is 0. The Labute approximate surface area is 373 Å². The van der Waals surface area contributed by atoms with Gasteiger partial charge in [0.15, 0.2) is 6.10 Å². The zero-order valence-corrected chi connectivity index (χ0v) is 38.9. The Morgan fingerprint density at radius 3 is 1.15 bits per heavy atom. The first-order valence-corrected chi connectivity index (χ1v) is 24.1. The molecule has 0 radical (unpaired) electrons. The van der Waals surface area contributed by atoms with Gasteiger partial charge >= 0.3 is 17.9 Å². The van der Waals surface area contributed by atoms with E-state index in [9.17, 15) is 14.4 Å². The summed E-state index contributed by atoms with van der Waals surface area (Å²) >= 11 is 0. The van der Waals surface area contributed by atoms with Crippen LogP contribution in [-0.2, 0) is 28.6 Å². The standard InChI is InChI=1S/C55H86O6/c1-4-7-10-13-16-19-22-25-26-27-28-31-33-36-39-42-45-48-54(57)60-51-52(61-55(58)49-46-43-40-37-34-30-24-21-18-15-12-9-6-3)50-59-53(56)47-44-41-38-35-32-29-23-20-17-14-11-8-5-2/h8-9,11-12,14-21,23-26,29-30,32,34,52H,4-7,10,13,22,27-28,31,33,35-51H2,1-3H3/b11-8+,12-9+,17-14+,18-15+,19-16+,23-20+,24-21+,26-25+,32-29+,34-30+. The highest BCUT2D eigenvalue weighted by molar-refractivity contribution is 5.71. The second-order valence-corrected chi connectivity index (χ2v) is 15.4. The SMILES string of the molecule is CC/C=C/C=C/C=C/C=C/CCCCCC(=O)OCC(COC(=O)CCCCCCCCC/C=C/C/C=C/CCCCC)OC(=O)CCCCC/C=C/C=C/C=C/C=C/CC. The highest BCUT2D eigenvalue weighted by Gasteiger charge is 2.19. The zero-order chi connectivity index (χ0) is 44.4. The summed E-state index contributed by atoms with van der Waals surface area (Å²) in [5.74, 6) is -1.01. The van der Waals surface area contributed by atoms with E-state index in [1.807, 2.05) is 72.9 Å². The van der Waals surface area contributed by atoms with E-state index >= 15 is 0 Å². The maximum atomic E-state index is 12.7. The molecular weight excluding hydrogens is 757 g/mol. The maximum absolute atomic E-state index is 12.7. The third kappa shape index (κ3) is 46.7. The molecule has 0 aromatic heterocycles. The van der Waals surface area contributed by atoms with Crippen molar-refractivity contribution >= 4 is 17.9 Å². The van der Waals surface area contributed by atoms with Gasteiger partial charge in [-0.3, -0.25) is 14.4 Å². The van der Waals surface area contributed by atoms with Crippen molar-refractivity contribution in [3.8, 4) is 0 Å². The van der Waals surface area contributed by atoms with Crippen molar-refractivity contribution in [3.63, 3.8) is 0 Å². The van der Waals surface area contributed by atoms with E-state index in [2.05, 4.69) is 69.4 Å². The number of hydrogen-bond donors (Lipinski definition) is 0. The molecule has 0 heterocycles. The second kappa shape index (κ2) is 48.5. The van der Waals surface area contributed by atoms with Gasteiger partial charge < -0.3 is 14.2 Å². The lowest BCUT2D eigenvalue weighted by atomic mass is 10.1. The summed E-state index contributed by atoms with van der Waals surface area (Å²) in [4.78, 5) is 37.9. The van der Waals surface area contributed by atoms with Crippen LogP contribution in [0, 0.1) is 0 Å². The summed E-state index contributed by atoms with van der Waals surface area (Å²) in [6.07, 6.45) is 66.1. The van der Waals surface area contributed by atoms with E-state index in [0.29, 0.717) is 19.3 Å². The van der Waals surface area contributed by atoms with E-state index in [1.165, 1.54) is 51.4 Å². The van der Waals surface area contributed by atoms with Crippen molar-refractivity contribution in [2.45, 2.75) is 194 Å². The van der Waals surface area contributed by atoms with Crippen LogP contribution in [0.15, 0.2) is 122 Å². The minimum atomic E-state index is -0.820. The summed E-state index contributed by atoms with van der Waals surface area (Å²) in [6, 6.07) is 0. The normalized spacial score (nSPS) is 13.2. The Morgan fingerprint density at radius 2 is 0.705 bits per heavy atom. The van der Waals surface area contributed by atoms with Gasteiger partial charge in [0.05, 0.1) is 0 Å². The van der Waals surface area contributed by atoms with E-state index in [1.54, 1.807) is 0 Å². The first-order valence-electron chi connectivity index (χ1n) is 24.1. The molecule has 0 aliphatic carbocycles. The zero-order valence-electron chi connectivity index (χ0n) is 38.9. The molecule has 0 aliphatic rings. The molecule has 0 aromatic carbocycles. The number of esters is 3. The van der Waals surface area contributed by atoms with Gasteiger partial charge in [0.25, 0.3) is 0 Å². The number of rotatable bonds is 41. The fourth-order valence-corrected chi connectivity index (χ4v) is 6.02. The van der Waals surface area contributed by atoms with Crippen molar-refractivity contribution in [2.24, 2.45) is 0 Å². The molecule has 1 unspecified atom stereocenters. The number of allylic oxidation sites excluding steroid dienone is 20. The molecule has 0 aliphatic heterocycles. The minimum Gasteiger partial charge on any atom is -0.462 e. The molecule has 1 atom stereocenters. The molecule has 0 saturated heterocycles. The average Bonchev–Trinajstić information content (AvgIpc) is 3.26. The summed E-state index contributed by atoms with van der Waals surface area (Å²) < 4.78 is 16.7. The van der Waals surface area contributed by atoms with Crippen molar-refractivity contribution in [3.05, 3.63) is 122 Å². The van der Waals surface area contributed by atoms with Crippen LogP contribution in [0.5, 0.6) is 0 Å². The lowest BCUT2D eigenvalue weighted by Gasteiger charge is -2.18. The summed E-state index contributed by atoms with van der Waals surface area (Å²) in [5, 5.41) is 0. The molecule has 0 fully saturated rings. The molecule has 0 amide bonds. The highest BCUT2D eigenvalue weighted by atomic mass is 16.6. The Kier molecular flexibility index (Phi) is 45.1. The largest absolute Gasteiger partial charge is 0.462 e. The molecule has 61 heavy (non-hydrogen) atoms. The smallest absolute Gasteiger partial charge is 0.306 e. The molecule has 0 N–H and O–H groups in total. The third-order valence-corrected chi connectivity index (χ3v) is 9.62. The van der Waals surface area contributed by atoms with Gasteiger partial charge in [-0.15, -0.1) is 0 Å². The fraction of sp³-hybridized carbons (Fsp3) is 0.582. The Bertz CT molecular complexity index is 1340. The lowest BCUT2D eigenvalue weighted by molar-refractivity contribution is -0.167. The molecular formula is C55H86O6. The Morgan fingerprint density at radius 1 is 0.361 bits per heavy atom. The first kappa shape index (κ1) is 56.8. The topological polar surface area (TPSA) is 78.9 Å². The maximum Gasteiger partial charge on any atom is 0.306 e. The van der Waals surface area contributed by atoms with Crippen LogP contribution in [0.3, 0.4) is 0 Å². The van der Waals surface area contributed by atoms with Gasteiger partial charge in [0, 0.05) is 19.3 Å². The van der Waals surface area contributed by atoms with E-state index in [0.717, 1.165) is 89.9 Å². The second-order valence-electron chi connectivity index (χ2n) is 15.4. The predicted molar refractivity (Wildman–Crippen MR) is 260 cm³/mol.